The summed E-state index contributed by atoms with van der Waals surface area (Å²) in [6.07, 6.45) is 2.12. The first kappa shape index (κ1) is 16.0. The number of primary sulfonamides is 1. The van der Waals surface area contributed by atoms with Crippen molar-refractivity contribution < 1.29 is 8.42 Å². The van der Waals surface area contributed by atoms with Crippen molar-refractivity contribution in [3.05, 3.63) is 58.7 Å². The molecule has 0 saturated carbocycles. The predicted octanol–water partition coefficient (Wildman–Crippen LogP) is 1.81. The van der Waals surface area contributed by atoms with Gasteiger partial charge in [0, 0.05) is 0 Å². The van der Waals surface area contributed by atoms with Crippen molar-refractivity contribution in [2.45, 2.75) is 18.8 Å². The quantitative estimate of drug-likeness (QED) is 0.858. The molecule has 0 fully saturated rings. The van der Waals surface area contributed by atoms with Crippen LogP contribution in [0.25, 0.3) is 11.1 Å². The van der Waals surface area contributed by atoms with Gasteiger partial charge in [0.1, 0.15) is 0 Å². The van der Waals surface area contributed by atoms with Crippen LogP contribution in [-0.4, -0.2) is 13.3 Å². The van der Waals surface area contributed by atoms with E-state index in [0.29, 0.717) is 24.2 Å². The van der Waals surface area contributed by atoms with E-state index in [-0.39, 0.29) is 5.75 Å². The van der Waals surface area contributed by atoms with Crippen molar-refractivity contribution in [2.75, 3.05) is 0 Å². The van der Waals surface area contributed by atoms with E-state index in [1.807, 2.05) is 12.1 Å². The zero-order chi connectivity index (χ0) is 17.3. The Kier molecular flexibility index (Phi) is 3.98. The number of nitrogens with two attached hydrogens (primary N) is 1. The molecule has 0 saturated heterocycles. The van der Waals surface area contributed by atoms with E-state index >= 15 is 0 Å². The minimum Gasteiger partial charge on any atom is -0.302 e. The Hall–Kier alpha value is -2.87. The molecule has 6 nitrogen and oxygen atoms in total. The topological polar surface area (TPSA) is 111 Å². The molecule has 0 spiro atoms. The normalized spacial score (nSPS) is 13.2. The fourth-order valence-corrected chi connectivity index (χ4v) is 3.58. The third kappa shape index (κ3) is 3.23. The second kappa shape index (κ2) is 5.97. The maximum absolute atomic E-state index is 11.4. The van der Waals surface area contributed by atoms with Crippen molar-refractivity contribution in [3.63, 3.8) is 0 Å². The zero-order valence-corrected chi connectivity index (χ0v) is 13.5. The number of benzene rings is 2. The van der Waals surface area contributed by atoms with Gasteiger partial charge < -0.3 is 4.90 Å². The molecule has 0 bridgehead atoms. The molecule has 0 atom stereocenters. The highest BCUT2D eigenvalue weighted by atomic mass is 32.2. The minimum absolute atomic E-state index is 0.254. The van der Waals surface area contributed by atoms with Gasteiger partial charge in [-0.3, -0.25) is 0 Å². The Morgan fingerprint density at radius 2 is 1.83 bits per heavy atom. The molecule has 0 unspecified atom stereocenters. The van der Waals surface area contributed by atoms with E-state index in [0.717, 1.165) is 22.3 Å². The number of nitrogens with zero attached hydrogens (tertiary/aromatic N) is 3. The standard InChI is InChI=1S/C17H14N4O2S/c18-7-12-1-3-14(4-2-12)16-6-13(10-24(20,22)23)5-15-8-21(11-19)9-17(15)16/h1-6H,8-10H2,(H2,20,22,23). The molecule has 2 N–H and O–H groups in total. The zero-order valence-electron chi connectivity index (χ0n) is 12.7. The highest BCUT2D eigenvalue weighted by Gasteiger charge is 2.23. The summed E-state index contributed by atoms with van der Waals surface area (Å²) in [5, 5.41) is 23.2. The van der Waals surface area contributed by atoms with Crippen LogP contribution in [0.4, 0.5) is 0 Å². The molecule has 3 rings (SSSR count). The highest BCUT2D eigenvalue weighted by Crippen LogP contribution is 2.34. The van der Waals surface area contributed by atoms with Gasteiger partial charge in [-0.15, -0.1) is 0 Å². The van der Waals surface area contributed by atoms with Crippen LogP contribution in [0.3, 0.4) is 0 Å². The molecule has 7 heteroatoms. The van der Waals surface area contributed by atoms with Crippen LogP contribution in [-0.2, 0) is 28.9 Å². The molecule has 0 amide bonds. The van der Waals surface area contributed by atoms with Crippen LogP contribution in [0.15, 0.2) is 36.4 Å². The average Bonchev–Trinajstić information content (AvgIpc) is 2.95. The summed E-state index contributed by atoms with van der Waals surface area (Å²) in [4.78, 5) is 1.61. The highest BCUT2D eigenvalue weighted by molar-refractivity contribution is 7.88. The lowest BCUT2D eigenvalue weighted by atomic mass is 9.94. The lowest BCUT2D eigenvalue weighted by Gasteiger charge is -2.11. The predicted molar refractivity (Wildman–Crippen MR) is 88.3 cm³/mol. The van der Waals surface area contributed by atoms with E-state index < -0.39 is 10.0 Å². The van der Waals surface area contributed by atoms with Gasteiger partial charge in [0.15, 0.2) is 6.19 Å². The van der Waals surface area contributed by atoms with Crippen molar-refractivity contribution in [1.29, 1.82) is 10.5 Å². The third-order valence-electron chi connectivity index (χ3n) is 3.95. The smallest absolute Gasteiger partial charge is 0.213 e. The second-order valence-electron chi connectivity index (χ2n) is 5.73. The largest absolute Gasteiger partial charge is 0.302 e. The van der Waals surface area contributed by atoms with E-state index in [9.17, 15) is 8.42 Å². The van der Waals surface area contributed by atoms with Crippen molar-refractivity contribution in [3.8, 4) is 23.4 Å². The van der Waals surface area contributed by atoms with Crippen LogP contribution in [0.5, 0.6) is 0 Å². The Bertz CT molecular complexity index is 983. The van der Waals surface area contributed by atoms with Gasteiger partial charge in [0.2, 0.25) is 10.0 Å². The van der Waals surface area contributed by atoms with E-state index in [1.165, 1.54) is 0 Å². The molecule has 1 aliphatic rings. The van der Waals surface area contributed by atoms with Crippen molar-refractivity contribution in [1.82, 2.24) is 4.90 Å². The van der Waals surface area contributed by atoms with E-state index in [1.54, 1.807) is 29.2 Å². The van der Waals surface area contributed by atoms with Gasteiger partial charge in [-0.1, -0.05) is 18.2 Å². The SMILES string of the molecule is N#Cc1ccc(-c2cc(CS(N)(=O)=O)cc3c2CN(C#N)C3)cc1. The van der Waals surface area contributed by atoms with Crippen LogP contribution in [0.2, 0.25) is 0 Å². The monoisotopic (exact) mass is 338 g/mol. The fraction of sp³-hybridized carbons (Fsp3) is 0.176. The summed E-state index contributed by atoms with van der Waals surface area (Å²) in [6.45, 7) is 0.935. The summed E-state index contributed by atoms with van der Waals surface area (Å²) in [6, 6.07) is 12.7. The summed E-state index contributed by atoms with van der Waals surface area (Å²) in [5.74, 6) is -0.254. The van der Waals surface area contributed by atoms with E-state index in [2.05, 4.69) is 12.3 Å². The lowest BCUT2D eigenvalue weighted by Crippen LogP contribution is -2.14. The fourth-order valence-electron chi connectivity index (χ4n) is 2.95. The number of rotatable bonds is 3. The summed E-state index contributed by atoms with van der Waals surface area (Å²) < 4.78 is 22.9. The number of hydrogen-bond acceptors (Lipinski definition) is 5. The Labute approximate surface area is 140 Å². The van der Waals surface area contributed by atoms with Crippen LogP contribution in [0.1, 0.15) is 22.3 Å². The van der Waals surface area contributed by atoms with Gasteiger partial charge in [-0.2, -0.15) is 10.5 Å². The molecular formula is C17H14N4O2S. The number of sulfonamides is 1. The minimum atomic E-state index is -3.64. The Morgan fingerprint density at radius 1 is 1.12 bits per heavy atom. The van der Waals surface area contributed by atoms with Crippen LogP contribution >= 0.6 is 0 Å². The molecule has 1 aliphatic heterocycles. The molecule has 2 aromatic rings. The van der Waals surface area contributed by atoms with Crippen LogP contribution < -0.4 is 5.14 Å². The van der Waals surface area contributed by atoms with Gasteiger partial charge in [-0.05, 0) is 46.0 Å². The third-order valence-corrected chi connectivity index (χ3v) is 4.68. The Morgan fingerprint density at radius 3 is 2.42 bits per heavy atom. The van der Waals surface area contributed by atoms with Gasteiger partial charge in [0.05, 0.1) is 30.5 Å². The molecule has 0 aliphatic carbocycles. The first-order valence-corrected chi connectivity index (χ1v) is 8.91. The maximum atomic E-state index is 11.4. The first-order chi connectivity index (χ1) is 11.4. The summed E-state index contributed by atoms with van der Waals surface area (Å²) in [5.41, 5.74) is 4.82. The Balaban J connectivity index is 2.13. The number of fused-ring (bicyclic) bond motifs is 1. The summed E-state index contributed by atoms with van der Waals surface area (Å²) in [7, 11) is -3.64. The second-order valence-corrected chi connectivity index (χ2v) is 7.35. The lowest BCUT2D eigenvalue weighted by molar-refractivity contribution is 0.417. The maximum Gasteiger partial charge on any atom is 0.213 e. The molecular weight excluding hydrogens is 324 g/mol. The molecule has 2 aromatic carbocycles. The molecule has 24 heavy (non-hydrogen) atoms. The number of nitriles is 2. The van der Waals surface area contributed by atoms with Crippen LogP contribution in [0, 0.1) is 22.8 Å². The number of hydrogen-bond donors (Lipinski definition) is 1. The van der Waals surface area contributed by atoms with Gasteiger partial charge in [0.25, 0.3) is 0 Å². The van der Waals surface area contributed by atoms with Gasteiger partial charge in [-0.25, -0.2) is 13.6 Å². The molecule has 0 aromatic heterocycles. The average molecular weight is 338 g/mol. The first-order valence-electron chi connectivity index (χ1n) is 7.20. The molecule has 1 heterocycles. The van der Waals surface area contributed by atoms with Gasteiger partial charge >= 0.3 is 0 Å². The molecule has 0 radical (unpaired) electrons. The summed E-state index contributed by atoms with van der Waals surface area (Å²) >= 11 is 0. The molecule has 120 valence electrons. The van der Waals surface area contributed by atoms with Crippen molar-refractivity contribution >= 4 is 10.0 Å². The van der Waals surface area contributed by atoms with Crippen molar-refractivity contribution in [2.24, 2.45) is 5.14 Å². The van der Waals surface area contributed by atoms with E-state index in [4.69, 9.17) is 15.7 Å².